The molecule has 0 unspecified atom stereocenters. The fraction of sp³-hybridized carbons (Fsp3) is 0.833. The van der Waals surface area contributed by atoms with Gasteiger partial charge >= 0.3 is 11.9 Å². The van der Waals surface area contributed by atoms with Crippen LogP contribution in [-0.4, -0.2) is 64.2 Å². The summed E-state index contributed by atoms with van der Waals surface area (Å²) in [4.78, 5) is 23.9. The highest BCUT2D eigenvalue weighted by Crippen LogP contribution is 2.41. The maximum Gasteiger partial charge on any atom is 0.352 e. The van der Waals surface area contributed by atoms with Crippen LogP contribution in [0.3, 0.4) is 0 Å². The molecule has 8 nitrogen and oxygen atoms in total. The summed E-state index contributed by atoms with van der Waals surface area (Å²) in [6, 6.07) is 0. The fourth-order valence-corrected chi connectivity index (χ4v) is 1.91. The molecule has 0 amide bonds. The van der Waals surface area contributed by atoms with E-state index >= 15 is 0 Å². The van der Waals surface area contributed by atoms with Crippen molar-refractivity contribution >= 4 is 11.9 Å². The largest absolute Gasteiger partial charge is 0.466 e. The smallest absolute Gasteiger partial charge is 0.352 e. The predicted molar refractivity (Wildman–Crippen MR) is 64.6 cm³/mol. The average Bonchev–Trinajstić information content (AvgIpc) is 2.48. The molecule has 0 aliphatic carbocycles. The minimum Gasteiger partial charge on any atom is -0.466 e. The maximum absolute atomic E-state index is 12.0. The van der Waals surface area contributed by atoms with Crippen LogP contribution in [0.15, 0.2) is 0 Å². The zero-order chi connectivity index (χ0) is 15.6. The van der Waals surface area contributed by atoms with E-state index < -0.39 is 35.7 Å². The Morgan fingerprint density at radius 3 is 1.70 bits per heavy atom. The van der Waals surface area contributed by atoms with Crippen LogP contribution in [0.4, 0.5) is 0 Å². The molecule has 0 radical (unpaired) electrons. The topological polar surface area (TPSA) is 89.5 Å². The summed E-state index contributed by atoms with van der Waals surface area (Å²) in [6.07, 6.45) is 0. The highest BCUT2D eigenvalue weighted by atomic mass is 16.8. The minimum absolute atomic E-state index is 0.421. The molecular weight excluding hydrogens is 272 g/mol. The summed E-state index contributed by atoms with van der Waals surface area (Å²) in [5, 5.41) is 0. The van der Waals surface area contributed by atoms with E-state index in [-0.39, 0.29) is 0 Å². The second kappa shape index (κ2) is 5.65. The molecule has 0 aromatic heterocycles. The summed E-state index contributed by atoms with van der Waals surface area (Å²) >= 11 is 0. The quantitative estimate of drug-likeness (QED) is 0.522. The lowest BCUT2D eigenvalue weighted by Crippen LogP contribution is -2.71. The van der Waals surface area contributed by atoms with Gasteiger partial charge in [0, 0.05) is 14.2 Å². The number of hydrogen-bond donors (Lipinski definition) is 0. The molecule has 2 atom stereocenters. The van der Waals surface area contributed by atoms with Crippen LogP contribution in [-0.2, 0) is 38.0 Å². The van der Waals surface area contributed by atoms with Crippen LogP contribution in [0.1, 0.15) is 13.8 Å². The Bertz CT molecular complexity index is 379. The van der Waals surface area contributed by atoms with E-state index in [4.69, 9.17) is 18.9 Å². The molecule has 1 aliphatic rings. The van der Waals surface area contributed by atoms with E-state index in [1.165, 1.54) is 21.1 Å². The number of ether oxygens (including phenoxy) is 6. The van der Waals surface area contributed by atoms with Gasteiger partial charge in [0.25, 0.3) is 5.60 Å². The minimum atomic E-state index is -2.06. The number of methoxy groups -OCH3 is 4. The Labute approximate surface area is 117 Å². The number of rotatable bonds is 4. The van der Waals surface area contributed by atoms with Gasteiger partial charge in [0.2, 0.25) is 11.6 Å². The molecule has 0 N–H and O–H groups in total. The van der Waals surface area contributed by atoms with Crippen molar-refractivity contribution in [3.05, 3.63) is 0 Å². The van der Waals surface area contributed by atoms with E-state index in [0.717, 1.165) is 14.2 Å². The van der Waals surface area contributed by atoms with Gasteiger partial charge in [0.1, 0.15) is 6.61 Å². The van der Waals surface area contributed by atoms with Crippen molar-refractivity contribution in [2.45, 2.75) is 31.0 Å². The lowest BCUT2D eigenvalue weighted by Gasteiger charge is -2.51. The molecule has 1 heterocycles. The third-order valence-electron chi connectivity index (χ3n) is 3.55. The molecule has 20 heavy (non-hydrogen) atoms. The Morgan fingerprint density at radius 1 is 0.900 bits per heavy atom. The second-order valence-corrected chi connectivity index (χ2v) is 4.50. The van der Waals surface area contributed by atoms with E-state index in [1.54, 1.807) is 6.92 Å². The number of hydrogen-bond acceptors (Lipinski definition) is 8. The first kappa shape index (κ1) is 16.8. The molecule has 0 aromatic rings. The van der Waals surface area contributed by atoms with Gasteiger partial charge in [-0.2, -0.15) is 0 Å². The summed E-state index contributed by atoms with van der Waals surface area (Å²) < 4.78 is 30.8. The van der Waals surface area contributed by atoms with Gasteiger partial charge in [-0.15, -0.1) is 0 Å². The first-order valence-electron chi connectivity index (χ1n) is 5.86. The molecule has 0 aromatic carbocycles. The Balaban J connectivity index is 3.26. The molecule has 1 rings (SSSR count). The van der Waals surface area contributed by atoms with Crippen LogP contribution in [0.5, 0.6) is 0 Å². The molecule has 0 spiro atoms. The van der Waals surface area contributed by atoms with Crippen molar-refractivity contribution < 1.29 is 38.0 Å². The summed E-state index contributed by atoms with van der Waals surface area (Å²) in [6.45, 7) is 2.63. The zero-order valence-electron chi connectivity index (χ0n) is 12.5. The van der Waals surface area contributed by atoms with Crippen LogP contribution in [0, 0.1) is 0 Å². The second-order valence-electron chi connectivity index (χ2n) is 4.50. The first-order chi connectivity index (χ1) is 9.25. The van der Waals surface area contributed by atoms with Crippen molar-refractivity contribution in [3.8, 4) is 0 Å². The molecule has 0 saturated carbocycles. The predicted octanol–water partition coefficient (Wildman–Crippen LogP) is -0.157. The molecule has 1 aliphatic heterocycles. The summed E-state index contributed by atoms with van der Waals surface area (Å²) in [5.41, 5.74) is -2.06. The Morgan fingerprint density at radius 2 is 1.35 bits per heavy atom. The van der Waals surface area contributed by atoms with Crippen molar-refractivity contribution in [1.29, 1.82) is 0 Å². The van der Waals surface area contributed by atoms with Gasteiger partial charge in [0.15, 0.2) is 0 Å². The summed E-state index contributed by atoms with van der Waals surface area (Å²) in [7, 11) is 4.99. The van der Waals surface area contributed by atoms with Crippen LogP contribution >= 0.6 is 0 Å². The molecule has 0 bridgehead atoms. The molecular formula is C12H20O8. The fourth-order valence-electron chi connectivity index (χ4n) is 1.91. The third-order valence-corrected chi connectivity index (χ3v) is 3.55. The van der Waals surface area contributed by atoms with Crippen LogP contribution in [0.2, 0.25) is 0 Å². The van der Waals surface area contributed by atoms with Crippen LogP contribution in [0.25, 0.3) is 0 Å². The van der Waals surface area contributed by atoms with Gasteiger partial charge in [-0.3, -0.25) is 0 Å². The lowest BCUT2D eigenvalue weighted by molar-refractivity contribution is -0.440. The van der Waals surface area contributed by atoms with E-state index in [2.05, 4.69) is 9.47 Å². The van der Waals surface area contributed by atoms with Gasteiger partial charge < -0.3 is 28.4 Å². The Kier molecular flexibility index (Phi) is 4.75. The number of carbonyl (C=O) groups is 2. The van der Waals surface area contributed by atoms with Crippen LogP contribution < -0.4 is 0 Å². The van der Waals surface area contributed by atoms with Crippen molar-refractivity contribution in [1.82, 2.24) is 0 Å². The molecule has 1 fully saturated rings. The van der Waals surface area contributed by atoms with E-state index in [1.807, 2.05) is 0 Å². The number of carbonyl (C=O) groups excluding carboxylic acids is 2. The average molecular weight is 292 g/mol. The first-order valence-corrected chi connectivity index (χ1v) is 5.86. The monoisotopic (exact) mass is 292 g/mol. The molecule has 1 saturated heterocycles. The highest BCUT2D eigenvalue weighted by Gasteiger charge is 2.65. The highest BCUT2D eigenvalue weighted by molar-refractivity contribution is 6.04. The van der Waals surface area contributed by atoms with E-state index in [9.17, 15) is 9.59 Å². The normalized spacial score (nSPS) is 32.5. The van der Waals surface area contributed by atoms with Crippen molar-refractivity contribution in [3.63, 3.8) is 0 Å². The lowest BCUT2D eigenvalue weighted by atomic mass is 9.99. The van der Waals surface area contributed by atoms with Gasteiger partial charge in [-0.1, -0.05) is 0 Å². The SMILES string of the molecule is COC(=O)C1(C(=O)OC)CO[C@@](C)(OC)[C@](C)(OC)O1. The van der Waals surface area contributed by atoms with Gasteiger partial charge in [-0.05, 0) is 13.8 Å². The summed E-state index contributed by atoms with van der Waals surface area (Å²) in [5.74, 6) is -4.72. The third kappa shape index (κ3) is 2.28. The maximum atomic E-state index is 12.0. The van der Waals surface area contributed by atoms with Gasteiger partial charge in [0.05, 0.1) is 14.2 Å². The van der Waals surface area contributed by atoms with Crippen molar-refractivity contribution in [2.75, 3.05) is 35.0 Å². The molecule has 8 heteroatoms. The van der Waals surface area contributed by atoms with Crippen molar-refractivity contribution in [2.24, 2.45) is 0 Å². The van der Waals surface area contributed by atoms with Gasteiger partial charge in [-0.25, -0.2) is 9.59 Å². The number of esters is 2. The Hall–Kier alpha value is -1.22. The molecule has 116 valence electrons. The standard InChI is InChI=1S/C12H20O8/c1-10(17-5)11(2,18-6)20-12(7-19-10,8(13)15-3)9(14)16-4/h7H2,1-6H3/t10-,11-/m1/s1. The zero-order valence-corrected chi connectivity index (χ0v) is 12.5. The van der Waals surface area contributed by atoms with E-state index in [0.29, 0.717) is 0 Å².